The lowest BCUT2D eigenvalue weighted by atomic mass is 9.85. The summed E-state index contributed by atoms with van der Waals surface area (Å²) in [6.07, 6.45) is -0.775. The number of aromatic nitrogens is 4. The second kappa shape index (κ2) is 12.4. The molecule has 0 saturated carbocycles. The molecule has 3 atom stereocenters. The van der Waals surface area contributed by atoms with Crippen molar-refractivity contribution in [2.24, 2.45) is 5.41 Å². The van der Waals surface area contributed by atoms with Gasteiger partial charge in [0.25, 0.3) is 5.91 Å². The Morgan fingerprint density at radius 2 is 1.86 bits per heavy atom. The summed E-state index contributed by atoms with van der Waals surface area (Å²) in [5.74, 6) is -1.70. The predicted octanol–water partition coefficient (Wildman–Crippen LogP) is 3.64. The van der Waals surface area contributed by atoms with Crippen LogP contribution < -0.4 is 10.6 Å². The van der Waals surface area contributed by atoms with Crippen LogP contribution in [0.25, 0.3) is 21.5 Å². The maximum Gasteiger partial charge on any atom is 0.291 e. The highest BCUT2D eigenvalue weighted by atomic mass is 79.9. The van der Waals surface area contributed by atoms with Gasteiger partial charge in [0.05, 0.1) is 27.7 Å². The Bertz CT molecular complexity index is 1670. The summed E-state index contributed by atoms with van der Waals surface area (Å²) in [6, 6.07) is 11.2. The molecule has 0 bridgehead atoms. The van der Waals surface area contributed by atoms with Crippen molar-refractivity contribution in [1.82, 2.24) is 35.7 Å². The molecule has 2 aromatic heterocycles. The van der Waals surface area contributed by atoms with Gasteiger partial charge in [-0.05, 0) is 41.7 Å². The average molecular weight is 667 g/mol. The van der Waals surface area contributed by atoms with Crippen LogP contribution in [0.5, 0.6) is 0 Å². The number of rotatable bonds is 7. The van der Waals surface area contributed by atoms with E-state index >= 15 is 0 Å². The largest absolute Gasteiger partial charge is 0.391 e. The first kappa shape index (κ1) is 30.6. The number of aliphatic hydroxyl groups excluding tert-OH is 1. The molecule has 0 unspecified atom stereocenters. The number of benzene rings is 2. The molecular formula is C30H32BrN7O4S. The normalized spacial score (nSPS) is 17.6. The maximum atomic E-state index is 13.9. The molecule has 11 nitrogen and oxygen atoms in total. The monoisotopic (exact) mass is 665 g/mol. The zero-order valence-electron chi connectivity index (χ0n) is 24.2. The quantitative estimate of drug-likeness (QED) is 0.271. The van der Waals surface area contributed by atoms with Gasteiger partial charge in [0.2, 0.25) is 17.6 Å². The van der Waals surface area contributed by atoms with E-state index in [2.05, 4.69) is 46.7 Å². The number of likely N-dealkylation sites (tertiary alicyclic amines) is 1. The van der Waals surface area contributed by atoms with Crippen LogP contribution in [0.15, 0.2) is 52.4 Å². The van der Waals surface area contributed by atoms with Crippen molar-refractivity contribution in [2.45, 2.75) is 58.8 Å². The van der Waals surface area contributed by atoms with Gasteiger partial charge in [0.15, 0.2) is 0 Å². The van der Waals surface area contributed by atoms with Crippen molar-refractivity contribution in [3.63, 3.8) is 0 Å². The summed E-state index contributed by atoms with van der Waals surface area (Å²) in [4.78, 5) is 51.5. The van der Waals surface area contributed by atoms with Crippen molar-refractivity contribution in [3.05, 3.63) is 69.5 Å². The predicted molar refractivity (Wildman–Crippen MR) is 166 cm³/mol. The molecule has 5 rings (SSSR count). The number of halogens is 1. The average Bonchev–Trinajstić information content (AvgIpc) is 3.58. The van der Waals surface area contributed by atoms with Gasteiger partial charge in [-0.2, -0.15) is 0 Å². The third-order valence-electron chi connectivity index (χ3n) is 7.30. The number of amides is 3. The van der Waals surface area contributed by atoms with Gasteiger partial charge in [0.1, 0.15) is 17.6 Å². The molecule has 1 aliphatic heterocycles. The molecule has 0 aliphatic carbocycles. The highest BCUT2D eigenvalue weighted by molar-refractivity contribution is 9.10. The van der Waals surface area contributed by atoms with E-state index in [9.17, 15) is 19.5 Å². The number of thiazole rings is 1. The Hall–Kier alpha value is -3.81. The van der Waals surface area contributed by atoms with E-state index in [0.717, 1.165) is 26.2 Å². The Morgan fingerprint density at radius 1 is 1.12 bits per heavy atom. The molecule has 4 aromatic rings. The summed E-state index contributed by atoms with van der Waals surface area (Å²) in [7, 11) is 0. The number of nitrogens with zero attached hydrogens (tertiary/aromatic N) is 5. The lowest BCUT2D eigenvalue weighted by molar-refractivity contribution is -0.142. The molecule has 0 spiro atoms. The Labute approximate surface area is 261 Å². The van der Waals surface area contributed by atoms with Gasteiger partial charge >= 0.3 is 0 Å². The van der Waals surface area contributed by atoms with Crippen LogP contribution in [-0.4, -0.2) is 72.6 Å². The summed E-state index contributed by atoms with van der Waals surface area (Å²) in [5, 5.41) is 24.1. The third-order valence-corrected chi connectivity index (χ3v) is 8.77. The van der Waals surface area contributed by atoms with Crippen LogP contribution >= 0.6 is 27.3 Å². The van der Waals surface area contributed by atoms with Crippen molar-refractivity contribution in [3.8, 4) is 10.4 Å². The SMILES string of the molecule is Cc1ncsc1-c1ccc(CNC(=O)[C@@H]2C[C@@H](O)CN2C(=O)[C@@H](NC(=O)c2nnc3ccc(Br)cc3n2)C(C)(C)C)cc1. The fourth-order valence-electron chi connectivity index (χ4n) is 4.98. The molecule has 3 heterocycles. The molecule has 43 heavy (non-hydrogen) atoms. The molecule has 13 heteroatoms. The van der Waals surface area contributed by atoms with Crippen LogP contribution in [0.1, 0.15) is 49.1 Å². The number of carbonyl (C=O) groups excluding carboxylic acids is 3. The minimum absolute atomic E-state index is 0.0235. The van der Waals surface area contributed by atoms with E-state index < -0.39 is 35.4 Å². The summed E-state index contributed by atoms with van der Waals surface area (Å²) in [5.41, 5.74) is 4.99. The highest BCUT2D eigenvalue weighted by Gasteiger charge is 2.44. The van der Waals surface area contributed by atoms with Gasteiger partial charge in [-0.25, -0.2) is 9.97 Å². The second-order valence-electron chi connectivity index (χ2n) is 11.6. The van der Waals surface area contributed by atoms with Crippen LogP contribution in [0.3, 0.4) is 0 Å². The van der Waals surface area contributed by atoms with Crippen LogP contribution in [0, 0.1) is 12.3 Å². The number of nitrogens with one attached hydrogen (secondary N) is 2. The van der Waals surface area contributed by atoms with Gasteiger partial charge in [0, 0.05) is 24.0 Å². The Kier molecular flexibility index (Phi) is 8.86. The molecular weight excluding hydrogens is 634 g/mol. The lowest BCUT2D eigenvalue weighted by Crippen LogP contribution is -2.57. The smallest absolute Gasteiger partial charge is 0.291 e. The number of hydrogen-bond donors (Lipinski definition) is 3. The van der Waals surface area contributed by atoms with Crippen molar-refractivity contribution >= 4 is 56.0 Å². The van der Waals surface area contributed by atoms with Gasteiger partial charge in [-0.3, -0.25) is 14.4 Å². The van der Waals surface area contributed by atoms with Crippen LogP contribution in [0.2, 0.25) is 0 Å². The minimum Gasteiger partial charge on any atom is -0.391 e. The Balaban J connectivity index is 1.28. The van der Waals surface area contributed by atoms with E-state index in [4.69, 9.17) is 0 Å². The number of aryl methyl sites for hydroxylation is 1. The first-order valence-corrected chi connectivity index (χ1v) is 15.4. The fourth-order valence-corrected chi connectivity index (χ4v) is 6.14. The summed E-state index contributed by atoms with van der Waals surface area (Å²) < 4.78 is 0.773. The molecule has 0 radical (unpaired) electrons. The third kappa shape index (κ3) is 6.89. The highest BCUT2D eigenvalue weighted by Crippen LogP contribution is 2.28. The van der Waals surface area contributed by atoms with Gasteiger partial charge in [-0.1, -0.05) is 61.0 Å². The number of carbonyl (C=O) groups is 3. The fraction of sp³-hybridized carbons (Fsp3) is 0.367. The zero-order valence-corrected chi connectivity index (χ0v) is 26.6. The number of hydrogen-bond acceptors (Lipinski definition) is 9. The molecule has 3 amide bonds. The summed E-state index contributed by atoms with van der Waals surface area (Å²) in [6.45, 7) is 7.64. The van der Waals surface area contributed by atoms with Crippen LogP contribution in [0.4, 0.5) is 0 Å². The molecule has 2 aromatic carbocycles. The molecule has 224 valence electrons. The topological polar surface area (TPSA) is 150 Å². The molecule has 1 aliphatic rings. The first-order valence-electron chi connectivity index (χ1n) is 13.8. The minimum atomic E-state index is -1.02. The van der Waals surface area contributed by atoms with Crippen LogP contribution in [-0.2, 0) is 16.1 Å². The molecule has 1 fully saturated rings. The zero-order chi connectivity index (χ0) is 30.9. The van der Waals surface area contributed by atoms with Crippen molar-refractivity contribution in [2.75, 3.05) is 6.54 Å². The standard InChI is InChI=1S/C30H32BrN7O4S/c1-16-24(43-15-33-16)18-7-5-17(6-8-18)13-32-27(40)23-12-20(39)14-38(23)29(42)25(30(2,3)4)35-28(41)26-34-22-11-19(31)9-10-21(22)36-37-26/h5-11,15,20,23,25,39H,12-14H2,1-4H3,(H,32,40)(H,35,41)/t20-,23+,25-/m1/s1. The van der Waals surface area contributed by atoms with Gasteiger partial charge in [-0.15, -0.1) is 21.5 Å². The van der Waals surface area contributed by atoms with Crippen molar-refractivity contribution in [1.29, 1.82) is 0 Å². The maximum absolute atomic E-state index is 13.9. The lowest BCUT2D eigenvalue weighted by Gasteiger charge is -2.35. The number of aliphatic hydroxyl groups is 1. The molecule has 1 saturated heterocycles. The van der Waals surface area contributed by atoms with E-state index in [0.29, 0.717) is 11.0 Å². The first-order chi connectivity index (χ1) is 20.4. The van der Waals surface area contributed by atoms with Crippen molar-refractivity contribution < 1.29 is 19.5 Å². The van der Waals surface area contributed by atoms with E-state index in [-0.39, 0.29) is 31.2 Å². The van der Waals surface area contributed by atoms with Gasteiger partial charge < -0.3 is 20.6 Å². The van der Waals surface area contributed by atoms with E-state index in [1.54, 1.807) is 29.5 Å². The molecule has 3 N–H and O–H groups in total. The number of fused-ring (bicyclic) bond motifs is 1. The summed E-state index contributed by atoms with van der Waals surface area (Å²) >= 11 is 4.96. The second-order valence-corrected chi connectivity index (χ2v) is 13.4. The van der Waals surface area contributed by atoms with E-state index in [1.165, 1.54) is 4.90 Å². The van der Waals surface area contributed by atoms with E-state index in [1.807, 2.05) is 57.5 Å². The Morgan fingerprint density at radius 3 is 2.53 bits per heavy atom. The number of β-amino-alcohol motifs (C(OH)–C–C–N with tert-alkyl or cyclic N) is 1.